The van der Waals surface area contributed by atoms with Crippen molar-refractivity contribution in [3.63, 3.8) is 0 Å². The molecule has 1 aromatic heterocycles. The molecule has 1 saturated heterocycles. The largest absolute Gasteiger partial charge is 0.378 e. The molecule has 6 heteroatoms. The second kappa shape index (κ2) is 5.24. The molecule has 0 spiro atoms. The summed E-state index contributed by atoms with van der Waals surface area (Å²) in [6, 6.07) is 8.06. The first-order valence-electron chi connectivity index (χ1n) is 6.19. The van der Waals surface area contributed by atoms with E-state index in [1.54, 1.807) is 11.3 Å². The van der Waals surface area contributed by atoms with Crippen molar-refractivity contribution in [3.8, 4) is 0 Å². The molecule has 1 aliphatic rings. The third kappa shape index (κ3) is 2.60. The van der Waals surface area contributed by atoms with Crippen LogP contribution in [0.2, 0.25) is 0 Å². The number of para-hydroxylation sites is 1. The Morgan fingerprint density at radius 3 is 3.16 bits per heavy atom. The van der Waals surface area contributed by atoms with E-state index in [4.69, 9.17) is 10.5 Å². The van der Waals surface area contributed by atoms with Crippen LogP contribution in [0.3, 0.4) is 0 Å². The number of nitrogens with two attached hydrogens (primary N) is 1. The fourth-order valence-corrected chi connectivity index (χ4v) is 3.37. The molecule has 1 atom stereocenters. The normalized spacial score (nSPS) is 20.7. The van der Waals surface area contributed by atoms with Crippen molar-refractivity contribution in [2.75, 3.05) is 26.3 Å². The van der Waals surface area contributed by atoms with Crippen molar-refractivity contribution >= 4 is 27.5 Å². The molecule has 3 rings (SSSR count). The highest BCUT2D eigenvalue weighted by Gasteiger charge is 2.28. The van der Waals surface area contributed by atoms with E-state index in [0.29, 0.717) is 19.8 Å². The SMILES string of the molecule is NC(=O)CN1CCOCC1c1nc2ccccc2s1. The van der Waals surface area contributed by atoms with E-state index in [1.165, 1.54) is 0 Å². The molecule has 0 saturated carbocycles. The van der Waals surface area contributed by atoms with Gasteiger partial charge in [0, 0.05) is 6.54 Å². The maximum atomic E-state index is 11.1. The Kier molecular flexibility index (Phi) is 3.46. The molecule has 1 aliphatic heterocycles. The molecule has 2 N–H and O–H groups in total. The van der Waals surface area contributed by atoms with Crippen molar-refractivity contribution in [2.45, 2.75) is 6.04 Å². The van der Waals surface area contributed by atoms with Gasteiger partial charge in [0.1, 0.15) is 5.01 Å². The van der Waals surface area contributed by atoms with Gasteiger partial charge in [0.15, 0.2) is 0 Å². The van der Waals surface area contributed by atoms with E-state index in [1.807, 2.05) is 23.1 Å². The molecule has 1 aromatic carbocycles. The lowest BCUT2D eigenvalue weighted by molar-refractivity contribution is -0.121. The van der Waals surface area contributed by atoms with Gasteiger partial charge in [-0.15, -0.1) is 11.3 Å². The second-order valence-electron chi connectivity index (χ2n) is 4.55. The molecule has 0 bridgehead atoms. The number of fused-ring (bicyclic) bond motifs is 1. The summed E-state index contributed by atoms with van der Waals surface area (Å²) in [5, 5.41) is 0.988. The Bertz CT molecular complexity index is 565. The second-order valence-corrected chi connectivity index (χ2v) is 5.61. The van der Waals surface area contributed by atoms with Crippen LogP contribution >= 0.6 is 11.3 Å². The Balaban J connectivity index is 1.91. The van der Waals surface area contributed by atoms with Crippen LogP contribution in [0, 0.1) is 0 Å². The molecule has 2 heterocycles. The molecule has 19 heavy (non-hydrogen) atoms. The van der Waals surface area contributed by atoms with E-state index >= 15 is 0 Å². The van der Waals surface area contributed by atoms with Gasteiger partial charge in [0.2, 0.25) is 5.91 Å². The summed E-state index contributed by atoms with van der Waals surface area (Å²) in [6.45, 7) is 2.16. The smallest absolute Gasteiger partial charge is 0.231 e. The zero-order chi connectivity index (χ0) is 13.2. The van der Waals surface area contributed by atoms with E-state index in [2.05, 4.69) is 11.1 Å². The molecule has 0 aliphatic carbocycles. The van der Waals surface area contributed by atoms with Crippen LogP contribution in [0.1, 0.15) is 11.0 Å². The maximum absolute atomic E-state index is 11.1. The molecule has 1 unspecified atom stereocenters. The Morgan fingerprint density at radius 1 is 1.53 bits per heavy atom. The van der Waals surface area contributed by atoms with Crippen LogP contribution in [0.15, 0.2) is 24.3 Å². The lowest BCUT2D eigenvalue weighted by atomic mass is 10.2. The summed E-state index contributed by atoms with van der Waals surface area (Å²) in [4.78, 5) is 17.8. The van der Waals surface area contributed by atoms with Crippen LogP contribution in [-0.4, -0.2) is 42.1 Å². The highest BCUT2D eigenvalue weighted by molar-refractivity contribution is 7.18. The first-order chi connectivity index (χ1) is 9.24. The first-order valence-corrected chi connectivity index (χ1v) is 7.01. The number of carbonyl (C=O) groups excluding carboxylic acids is 1. The quantitative estimate of drug-likeness (QED) is 0.914. The third-order valence-corrected chi connectivity index (χ3v) is 4.33. The number of amides is 1. The Morgan fingerprint density at radius 2 is 2.37 bits per heavy atom. The summed E-state index contributed by atoms with van der Waals surface area (Å²) in [6.07, 6.45) is 0. The highest BCUT2D eigenvalue weighted by Crippen LogP contribution is 2.31. The maximum Gasteiger partial charge on any atom is 0.231 e. The summed E-state index contributed by atoms with van der Waals surface area (Å²) < 4.78 is 6.67. The number of morpholine rings is 1. The number of benzene rings is 1. The van der Waals surface area contributed by atoms with Crippen LogP contribution < -0.4 is 5.73 Å². The van der Waals surface area contributed by atoms with Crippen LogP contribution in [-0.2, 0) is 9.53 Å². The summed E-state index contributed by atoms with van der Waals surface area (Å²) in [5.74, 6) is -0.312. The van der Waals surface area contributed by atoms with E-state index in [-0.39, 0.29) is 18.5 Å². The minimum Gasteiger partial charge on any atom is -0.378 e. The number of carbonyl (C=O) groups is 1. The highest BCUT2D eigenvalue weighted by atomic mass is 32.1. The van der Waals surface area contributed by atoms with E-state index in [9.17, 15) is 4.79 Å². The number of thiazole rings is 1. The van der Waals surface area contributed by atoms with Crippen molar-refractivity contribution in [3.05, 3.63) is 29.3 Å². The van der Waals surface area contributed by atoms with Gasteiger partial charge in [-0.2, -0.15) is 0 Å². The number of aromatic nitrogens is 1. The fraction of sp³-hybridized carbons (Fsp3) is 0.385. The van der Waals surface area contributed by atoms with E-state index in [0.717, 1.165) is 15.2 Å². The predicted octanol–water partition coefficient (Wildman–Crippen LogP) is 1.15. The zero-order valence-corrected chi connectivity index (χ0v) is 11.2. The number of hydrogen-bond donors (Lipinski definition) is 1. The predicted molar refractivity (Wildman–Crippen MR) is 73.9 cm³/mol. The monoisotopic (exact) mass is 277 g/mol. The molecule has 1 amide bonds. The Labute approximate surface area is 115 Å². The van der Waals surface area contributed by atoms with Gasteiger partial charge in [-0.25, -0.2) is 4.98 Å². The van der Waals surface area contributed by atoms with Crippen molar-refractivity contribution in [1.29, 1.82) is 0 Å². The number of rotatable bonds is 3. The lowest BCUT2D eigenvalue weighted by Gasteiger charge is -2.33. The minimum absolute atomic E-state index is 0.0265. The molecule has 100 valence electrons. The number of primary amides is 1. The van der Waals surface area contributed by atoms with Gasteiger partial charge in [0.05, 0.1) is 36.0 Å². The molecular weight excluding hydrogens is 262 g/mol. The van der Waals surface area contributed by atoms with Crippen molar-refractivity contribution in [1.82, 2.24) is 9.88 Å². The summed E-state index contributed by atoms with van der Waals surface area (Å²) in [7, 11) is 0. The average Bonchev–Trinajstić information content (AvgIpc) is 2.82. The van der Waals surface area contributed by atoms with Crippen molar-refractivity contribution in [2.24, 2.45) is 5.73 Å². The molecular formula is C13H15N3O2S. The zero-order valence-electron chi connectivity index (χ0n) is 10.4. The average molecular weight is 277 g/mol. The van der Waals surface area contributed by atoms with Gasteiger partial charge < -0.3 is 10.5 Å². The van der Waals surface area contributed by atoms with E-state index < -0.39 is 0 Å². The van der Waals surface area contributed by atoms with Crippen LogP contribution in [0.25, 0.3) is 10.2 Å². The molecule has 0 radical (unpaired) electrons. The number of hydrogen-bond acceptors (Lipinski definition) is 5. The molecule has 5 nitrogen and oxygen atoms in total. The third-order valence-electron chi connectivity index (χ3n) is 3.19. The van der Waals surface area contributed by atoms with Crippen LogP contribution in [0.4, 0.5) is 0 Å². The topological polar surface area (TPSA) is 68.5 Å². The number of ether oxygens (including phenoxy) is 1. The van der Waals surface area contributed by atoms with Crippen molar-refractivity contribution < 1.29 is 9.53 Å². The summed E-state index contributed by atoms with van der Waals surface area (Å²) >= 11 is 1.65. The fourth-order valence-electron chi connectivity index (χ4n) is 2.29. The first kappa shape index (κ1) is 12.5. The summed E-state index contributed by atoms with van der Waals surface area (Å²) in [5.41, 5.74) is 6.29. The van der Waals surface area contributed by atoms with Gasteiger partial charge in [-0.3, -0.25) is 9.69 Å². The van der Waals surface area contributed by atoms with Gasteiger partial charge in [0.25, 0.3) is 0 Å². The molecule has 1 fully saturated rings. The van der Waals surface area contributed by atoms with Gasteiger partial charge >= 0.3 is 0 Å². The van der Waals surface area contributed by atoms with Gasteiger partial charge in [-0.1, -0.05) is 12.1 Å². The molecule has 2 aromatic rings. The van der Waals surface area contributed by atoms with Gasteiger partial charge in [-0.05, 0) is 12.1 Å². The minimum atomic E-state index is -0.312. The standard InChI is InChI=1S/C13H15N3O2S/c14-12(17)7-16-5-6-18-8-10(16)13-15-9-3-1-2-4-11(9)19-13/h1-4,10H,5-8H2,(H2,14,17). The lowest BCUT2D eigenvalue weighted by Crippen LogP contribution is -2.43. The number of nitrogens with zero attached hydrogens (tertiary/aromatic N) is 2. The van der Waals surface area contributed by atoms with Crippen LogP contribution in [0.5, 0.6) is 0 Å². The Hall–Kier alpha value is -1.50.